The molecule has 4 heteroatoms. The summed E-state index contributed by atoms with van der Waals surface area (Å²) >= 11 is 5.55. The predicted octanol–water partition coefficient (Wildman–Crippen LogP) is 2.91. The van der Waals surface area contributed by atoms with Crippen LogP contribution >= 0.6 is 11.6 Å². The highest BCUT2D eigenvalue weighted by molar-refractivity contribution is 6.18. The van der Waals surface area contributed by atoms with Crippen molar-refractivity contribution in [2.75, 3.05) is 20.1 Å². The van der Waals surface area contributed by atoms with E-state index in [0.717, 1.165) is 0 Å². The molecule has 1 aromatic carbocycles. The number of ketones is 1. The highest BCUT2D eigenvalue weighted by Crippen LogP contribution is 2.23. The van der Waals surface area contributed by atoms with Gasteiger partial charge in [-0.25, -0.2) is 0 Å². The molecule has 0 saturated carbocycles. The first kappa shape index (κ1) is 12.8. The van der Waals surface area contributed by atoms with Crippen LogP contribution in [0.15, 0.2) is 18.2 Å². The van der Waals surface area contributed by atoms with Crippen molar-refractivity contribution in [3.05, 3.63) is 23.8 Å². The minimum absolute atomic E-state index is 0.0536. The minimum atomic E-state index is 0.0536. The van der Waals surface area contributed by atoms with Crippen LogP contribution in [0.2, 0.25) is 0 Å². The zero-order valence-corrected chi connectivity index (χ0v) is 10.2. The van der Waals surface area contributed by atoms with Crippen LogP contribution in [0.1, 0.15) is 23.2 Å². The van der Waals surface area contributed by atoms with Gasteiger partial charge in [0.05, 0.1) is 14.2 Å². The highest BCUT2D eigenvalue weighted by Gasteiger charge is 2.09. The molecule has 0 aliphatic rings. The predicted molar refractivity (Wildman–Crippen MR) is 63.8 cm³/mol. The Balaban J connectivity index is 2.89. The maximum Gasteiger partial charge on any atom is 0.163 e. The molecule has 0 saturated heterocycles. The van der Waals surface area contributed by atoms with Gasteiger partial charge in [0.2, 0.25) is 0 Å². The van der Waals surface area contributed by atoms with E-state index >= 15 is 0 Å². The van der Waals surface area contributed by atoms with Crippen molar-refractivity contribution in [3.8, 4) is 11.5 Å². The van der Waals surface area contributed by atoms with E-state index in [0.29, 0.717) is 35.8 Å². The first-order valence-corrected chi connectivity index (χ1v) is 5.57. The van der Waals surface area contributed by atoms with Crippen molar-refractivity contribution in [2.45, 2.75) is 12.8 Å². The van der Waals surface area contributed by atoms with Crippen LogP contribution < -0.4 is 9.47 Å². The summed E-state index contributed by atoms with van der Waals surface area (Å²) in [5.41, 5.74) is 0.598. The Morgan fingerprint density at radius 1 is 1.19 bits per heavy atom. The van der Waals surface area contributed by atoms with Gasteiger partial charge in [-0.1, -0.05) is 0 Å². The molecule has 0 bridgehead atoms. The molecule has 0 heterocycles. The van der Waals surface area contributed by atoms with Gasteiger partial charge < -0.3 is 9.47 Å². The fourth-order valence-electron chi connectivity index (χ4n) is 1.34. The third-order valence-electron chi connectivity index (χ3n) is 2.21. The Morgan fingerprint density at radius 2 is 1.75 bits per heavy atom. The average Bonchev–Trinajstić information content (AvgIpc) is 2.35. The molecule has 16 heavy (non-hydrogen) atoms. The number of benzene rings is 1. The molecule has 0 aliphatic heterocycles. The van der Waals surface area contributed by atoms with Gasteiger partial charge in [0.1, 0.15) is 11.5 Å². The van der Waals surface area contributed by atoms with Crippen LogP contribution in [0.5, 0.6) is 11.5 Å². The Bertz CT molecular complexity index is 341. The fourth-order valence-corrected chi connectivity index (χ4v) is 1.47. The zero-order valence-electron chi connectivity index (χ0n) is 9.46. The number of halogens is 1. The monoisotopic (exact) mass is 242 g/mol. The number of rotatable bonds is 6. The Kier molecular flexibility index (Phi) is 5.12. The number of methoxy groups -OCH3 is 2. The molecule has 0 radical (unpaired) electrons. The molecular formula is C12H15ClO3. The van der Waals surface area contributed by atoms with E-state index in [1.165, 1.54) is 0 Å². The summed E-state index contributed by atoms with van der Waals surface area (Å²) in [7, 11) is 3.11. The van der Waals surface area contributed by atoms with Crippen LogP contribution in [0.3, 0.4) is 0 Å². The SMILES string of the molecule is COc1cc(OC)cc(C(=O)CCCCl)c1. The van der Waals surface area contributed by atoms with Crippen LogP contribution in [-0.4, -0.2) is 25.9 Å². The maximum absolute atomic E-state index is 11.8. The molecule has 0 spiro atoms. The Hall–Kier alpha value is -1.22. The number of hydrogen-bond donors (Lipinski definition) is 0. The van der Waals surface area contributed by atoms with E-state index in [1.54, 1.807) is 32.4 Å². The molecule has 0 unspecified atom stereocenters. The highest BCUT2D eigenvalue weighted by atomic mass is 35.5. The van der Waals surface area contributed by atoms with E-state index in [-0.39, 0.29) is 5.78 Å². The van der Waals surface area contributed by atoms with Gasteiger partial charge in [0, 0.05) is 23.9 Å². The molecule has 88 valence electrons. The number of carbonyl (C=O) groups excluding carboxylic acids is 1. The van der Waals surface area contributed by atoms with Crippen molar-refractivity contribution >= 4 is 17.4 Å². The maximum atomic E-state index is 11.8. The van der Waals surface area contributed by atoms with Crippen LogP contribution in [0.25, 0.3) is 0 Å². The normalized spacial score (nSPS) is 9.94. The molecule has 0 amide bonds. The van der Waals surface area contributed by atoms with Gasteiger partial charge in [-0.3, -0.25) is 4.79 Å². The summed E-state index contributed by atoms with van der Waals surface area (Å²) in [6.45, 7) is 0. The molecular weight excluding hydrogens is 228 g/mol. The summed E-state index contributed by atoms with van der Waals surface area (Å²) in [5.74, 6) is 1.78. The zero-order chi connectivity index (χ0) is 12.0. The molecule has 0 aliphatic carbocycles. The van der Waals surface area contributed by atoms with Crippen molar-refractivity contribution < 1.29 is 14.3 Å². The van der Waals surface area contributed by atoms with Crippen LogP contribution in [-0.2, 0) is 0 Å². The Morgan fingerprint density at radius 3 is 2.19 bits per heavy atom. The first-order chi connectivity index (χ1) is 7.71. The largest absolute Gasteiger partial charge is 0.497 e. The number of carbonyl (C=O) groups is 1. The lowest BCUT2D eigenvalue weighted by molar-refractivity contribution is 0.0981. The van der Waals surface area contributed by atoms with Gasteiger partial charge in [0.25, 0.3) is 0 Å². The second-order valence-corrected chi connectivity index (χ2v) is 3.70. The van der Waals surface area contributed by atoms with Gasteiger partial charge in [-0.2, -0.15) is 0 Å². The van der Waals surface area contributed by atoms with E-state index in [4.69, 9.17) is 21.1 Å². The molecule has 1 rings (SSSR count). The lowest BCUT2D eigenvalue weighted by Crippen LogP contribution is -2.01. The topological polar surface area (TPSA) is 35.5 Å². The summed E-state index contributed by atoms with van der Waals surface area (Å²) < 4.78 is 10.2. The quantitative estimate of drug-likeness (QED) is 0.568. The summed E-state index contributed by atoms with van der Waals surface area (Å²) in [6, 6.07) is 5.15. The summed E-state index contributed by atoms with van der Waals surface area (Å²) in [4.78, 5) is 11.8. The minimum Gasteiger partial charge on any atom is -0.497 e. The third kappa shape index (κ3) is 3.42. The molecule has 0 N–H and O–H groups in total. The van der Waals surface area contributed by atoms with Crippen molar-refractivity contribution in [2.24, 2.45) is 0 Å². The molecule has 0 aromatic heterocycles. The van der Waals surface area contributed by atoms with Gasteiger partial charge in [0.15, 0.2) is 5.78 Å². The molecule has 0 atom stereocenters. The number of hydrogen-bond acceptors (Lipinski definition) is 3. The smallest absolute Gasteiger partial charge is 0.163 e. The number of alkyl halides is 1. The lowest BCUT2D eigenvalue weighted by atomic mass is 10.1. The standard InChI is InChI=1S/C12H15ClO3/c1-15-10-6-9(7-11(8-10)16-2)12(14)4-3-5-13/h6-8H,3-5H2,1-2H3. The van der Waals surface area contributed by atoms with E-state index in [9.17, 15) is 4.79 Å². The van der Waals surface area contributed by atoms with Crippen molar-refractivity contribution in [1.82, 2.24) is 0 Å². The van der Waals surface area contributed by atoms with Gasteiger partial charge in [-0.05, 0) is 18.6 Å². The fraction of sp³-hybridized carbons (Fsp3) is 0.417. The molecule has 0 fully saturated rings. The van der Waals surface area contributed by atoms with Crippen LogP contribution in [0, 0.1) is 0 Å². The van der Waals surface area contributed by atoms with Crippen LogP contribution in [0.4, 0.5) is 0 Å². The van der Waals surface area contributed by atoms with Crippen molar-refractivity contribution in [1.29, 1.82) is 0 Å². The number of ether oxygens (including phenoxy) is 2. The molecule has 1 aromatic rings. The first-order valence-electron chi connectivity index (χ1n) is 5.03. The number of Topliss-reactive ketones (excluding diaryl/α,β-unsaturated/α-hetero) is 1. The van der Waals surface area contributed by atoms with E-state index in [2.05, 4.69) is 0 Å². The van der Waals surface area contributed by atoms with Gasteiger partial charge >= 0.3 is 0 Å². The third-order valence-corrected chi connectivity index (χ3v) is 2.48. The Labute approximate surface area is 100 Å². The summed E-state index contributed by atoms with van der Waals surface area (Å²) in [6.07, 6.45) is 1.12. The lowest BCUT2D eigenvalue weighted by Gasteiger charge is -2.07. The van der Waals surface area contributed by atoms with E-state index in [1.807, 2.05) is 0 Å². The summed E-state index contributed by atoms with van der Waals surface area (Å²) in [5, 5.41) is 0. The second kappa shape index (κ2) is 6.38. The van der Waals surface area contributed by atoms with Crippen molar-refractivity contribution in [3.63, 3.8) is 0 Å². The van der Waals surface area contributed by atoms with Gasteiger partial charge in [-0.15, -0.1) is 11.6 Å². The second-order valence-electron chi connectivity index (χ2n) is 3.32. The van der Waals surface area contributed by atoms with E-state index < -0.39 is 0 Å². The average molecular weight is 243 g/mol. The molecule has 3 nitrogen and oxygen atoms in total.